The average molecular weight is 367 g/mol. The number of hydrogen-bond acceptors (Lipinski definition) is 3. The molecule has 0 aromatic heterocycles. The first-order valence-corrected chi connectivity index (χ1v) is 9.66. The van der Waals surface area contributed by atoms with Crippen molar-refractivity contribution in [3.63, 3.8) is 0 Å². The van der Waals surface area contributed by atoms with Gasteiger partial charge in [-0.05, 0) is 25.1 Å². The molecule has 0 aliphatic carbocycles. The minimum absolute atomic E-state index is 0.110. The highest BCUT2D eigenvalue weighted by Gasteiger charge is 2.26. The highest BCUT2D eigenvalue weighted by molar-refractivity contribution is 5.73. The first-order chi connectivity index (χ1) is 13.1. The number of benzene rings is 2. The summed E-state index contributed by atoms with van der Waals surface area (Å²) in [5, 5.41) is 5.92. The van der Waals surface area contributed by atoms with Crippen molar-refractivity contribution in [2.24, 2.45) is 0 Å². The van der Waals surface area contributed by atoms with E-state index in [1.807, 2.05) is 12.1 Å². The zero-order valence-corrected chi connectivity index (χ0v) is 16.3. The zero-order valence-electron chi connectivity index (χ0n) is 16.3. The molecule has 2 amide bonds. The van der Waals surface area contributed by atoms with Crippen molar-refractivity contribution >= 4 is 6.03 Å². The third-order valence-electron chi connectivity index (χ3n) is 5.14. The fourth-order valence-electron chi connectivity index (χ4n) is 3.48. The van der Waals surface area contributed by atoms with Crippen LogP contribution in [0.3, 0.4) is 0 Å². The van der Waals surface area contributed by atoms with Crippen LogP contribution < -0.4 is 10.6 Å². The van der Waals surface area contributed by atoms with Crippen molar-refractivity contribution in [2.75, 3.05) is 39.8 Å². The fourth-order valence-corrected chi connectivity index (χ4v) is 3.48. The maximum atomic E-state index is 12.1. The van der Waals surface area contributed by atoms with Crippen molar-refractivity contribution in [1.29, 1.82) is 0 Å². The molecule has 3 rings (SSSR count). The number of piperazine rings is 1. The molecule has 1 atom stereocenters. The van der Waals surface area contributed by atoms with E-state index in [4.69, 9.17) is 0 Å². The van der Waals surface area contributed by atoms with Gasteiger partial charge in [0.05, 0.1) is 0 Å². The normalized spacial score (nSPS) is 18.2. The van der Waals surface area contributed by atoms with Crippen LogP contribution in [-0.2, 0) is 6.54 Å². The van der Waals surface area contributed by atoms with E-state index < -0.39 is 0 Å². The number of rotatable bonds is 6. The number of nitrogens with one attached hydrogen (secondary N) is 2. The molecule has 1 unspecified atom stereocenters. The lowest BCUT2D eigenvalue weighted by Gasteiger charge is -2.40. The molecule has 2 N–H and O–H groups in total. The van der Waals surface area contributed by atoms with Gasteiger partial charge >= 0.3 is 6.03 Å². The number of likely N-dealkylation sites (N-methyl/N-ethyl adjacent to an activating group) is 1. The van der Waals surface area contributed by atoms with Gasteiger partial charge in [-0.2, -0.15) is 0 Å². The second kappa shape index (κ2) is 9.53. The minimum atomic E-state index is -0.110. The molecule has 1 heterocycles. The summed E-state index contributed by atoms with van der Waals surface area (Å²) in [5.74, 6) is 0. The monoisotopic (exact) mass is 366 g/mol. The molecule has 5 heteroatoms. The molecule has 5 nitrogen and oxygen atoms in total. The summed E-state index contributed by atoms with van der Waals surface area (Å²) in [6, 6.07) is 19.1. The van der Waals surface area contributed by atoms with Crippen molar-refractivity contribution in [2.45, 2.75) is 19.5 Å². The van der Waals surface area contributed by atoms with Crippen LogP contribution in [0.15, 0.2) is 54.6 Å². The highest BCUT2D eigenvalue weighted by Crippen LogP contribution is 2.24. The molecule has 1 saturated heterocycles. The van der Waals surface area contributed by atoms with E-state index in [-0.39, 0.29) is 6.03 Å². The van der Waals surface area contributed by atoms with Gasteiger partial charge in [-0.1, -0.05) is 60.2 Å². The van der Waals surface area contributed by atoms with E-state index in [0.29, 0.717) is 19.1 Å². The SMILES string of the molecule is Cc1ccc(CNC(=O)NCCN2CCN(C)CC2c2ccccc2)cc1. The molecule has 2 aromatic carbocycles. The van der Waals surface area contributed by atoms with Crippen molar-refractivity contribution < 1.29 is 4.79 Å². The number of urea groups is 1. The third-order valence-corrected chi connectivity index (χ3v) is 5.14. The van der Waals surface area contributed by atoms with E-state index in [1.165, 1.54) is 11.1 Å². The molecule has 1 aliphatic heterocycles. The summed E-state index contributed by atoms with van der Waals surface area (Å²) in [6.45, 7) is 7.20. The lowest BCUT2D eigenvalue weighted by molar-refractivity contribution is 0.0911. The Bertz CT molecular complexity index is 717. The number of amides is 2. The lowest BCUT2D eigenvalue weighted by Crippen LogP contribution is -2.49. The van der Waals surface area contributed by atoms with E-state index in [1.54, 1.807) is 0 Å². The van der Waals surface area contributed by atoms with E-state index in [0.717, 1.165) is 31.7 Å². The summed E-state index contributed by atoms with van der Waals surface area (Å²) in [5.41, 5.74) is 3.68. The average Bonchev–Trinajstić information content (AvgIpc) is 2.69. The minimum Gasteiger partial charge on any atom is -0.337 e. The van der Waals surface area contributed by atoms with Gasteiger partial charge in [0.15, 0.2) is 0 Å². The number of carbonyl (C=O) groups is 1. The van der Waals surface area contributed by atoms with E-state index in [9.17, 15) is 4.79 Å². The van der Waals surface area contributed by atoms with Crippen LogP contribution in [0.2, 0.25) is 0 Å². The molecular formula is C22H30N4O. The Labute approximate surface area is 162 Å². The Morgan fingerprint density at radius 1 is 1.04 bits per heavy atom. The van der Waals surface area contributed by atoms with Gasteiger partial charge in [-0.25, -0.2) is 4.79 Å². The van der Waals surface area contributed by atoms with E-state index in [2.05, 4.69) is 76.9 Å². The number of aryl methyl sites for hydroxylation is 1. The maximum absolute atomic E-state index is 12.1. The molecular weight excluding hydrogens is 336 g/mol. The lowest BCUT2D eigenvalue weighted by atomic mass is 10.0. The first-order valence-electron chi connectivity index (χ1n) is 9.66. The van der Waals surface area contributed by atoms with Gasteiger partial charge in [0.1, 0.15) is 0 Å². The Morgan fingerprint density at radius 2 is 1.78 bits per heavy atom. The summed E-state index contributed by atoms with van der Waals surface area (Å²) in [6.07, 6.45) is 0. The molecule has 1 aliphatic rings. The molecule has 1 fully saturated rings. The van der Waals surface area contributed by atoms with Crippen LogP contribution in [-0.4, -0.2) is 55.6 Å². The third kappa shape index (κ3) is 5.81. The molecule has 0 saturated carbocycles. The summed E-state index contributed by atoms with van der Waals surface area (Å²) in [7, 11) is 2.17. The van der Waals surface area contributed by atoms with Gasteiger partial charge in [-0.3, -0.25) is 4.90 Å². The van der Waals surface area contributed by atoms with Gasteiger partial charge < -0.3 is 15.5 Å². The second-order valence-corrected chi connectivity index (χ2v) is 7.32. The fraction of sp³-hybridized carbons (Fsp3) is 0.409. The number of nitrogens with zero attached hydrogens (tertiary/aromatic N) is 2. The molecule has 0 radical (unpaired) electrons. The largest absolute Gasteiger partial charge is 0.337 e. The predicted molar refractivity (Wildman–Crippen MR) is 110 cm³/mol. The van der Waals surface area contributed by atoms with Crippen LogP contribution >= 0.6 is 0 Å². The highest BCUT2D eigenvalue weighted by atomic mass is 16.2. The second-order valence-electron chi connectivity index (χ2n) is 7.32. The van der Waals surface area contributed by atoms with E-state index >= 15 is 0 Å². The van der Waals surface area contributed by atoms with Crippen molar-refractivity contribution in [3.05, 3.63) is 71.3 Å². The Kier molecular flexibility index (Phi) is 6.85. The zero-order chi connectivity index (χ0) is 19.1. The van der Waals surface area contributed by atoms with Crippen LogP contribution in [0.25, 0.3) is 0 Å². The van der Waals surface area contributed by atoms with Crippen LogP contribution in [0.4, 0.5) is 4.79 Å². The Hall–Kier alpha value is -2.37. The van der Waals surface area contributed by atoms with Crippen molar-refractivity contribution in [3.8, 4) is 0 Å². The van der Waals surface area contributed by atoms with Crippen LogP contribution in [0, 0.1) is 6.92 Å². The number of hydrogen-bond donors (Lipinski definition) is 2. The predicted octanol–water partition coefficient (Wildman–Crippen LogP) is 2.78. The van der Waals surface area contributed by atoms with Gasteiger partial charge in [0, 0.05) is 45.3 Å². The smallest absolute Gasteiger partial charge is 0.315 e. The first kappa shape index (κ1) is 19.4. The topological polar surface area (TPSA) is 47.6 Å². The van der Waals surface area contributed by atoms with Crippen LogP contribution in [0.1, 0.15) is 22.7 Å². The Morgan fingerprint density at radius 3 is 2.52 bits per heavy atom. The van der Waals surface area contributed by atoms with Gasteiger partial charge in [0.25, 0.3) is 0 Å². The summed E-state index contributed by atoms with van der Waals surface area (Å²) >= 11 is 0. The van der Waals surface area contributed by atoms with Crippen LogP contribution in [0.5, 0.6) is 0 Å². The molecule has 0 spiro atoms. The number of carbonyl (C=O) groups excluding carboxylic acids is 1. The summed E-state index contributed by atoms with van der Waals surface area (Å²) < 4.78 is 0. The molecule has 144 valence electrons. The molecule has 27 heavy (non-hydrogen) atoms. The Balaban J connectivity index is 1.45. The maximum Gasteiger partial charge on any atom is 0.315 e. The summed E-state index contributed by atoms with van der Waals surface area (Å²) in [4.78, 5) is 16.9. The molecule has 2 aromatic rings. The quantitative estimate of drug-likeness (QED) is 0.826. The van der Waals surface area contributed by atoms with Gasteiger partial charge in [0.2, 0.25) is 0 Å². The van der Waals surface area contributed by atoms with Gasteiger partial charge in [-0.15, -0.1) is 0 Å². The molecule has 0 bridgehead atoms. The van der Waals surface area contributed by atoms with Crippen molar-refractivity contribution in [1.82, 2.24) is 20.4 Å². The standard InChI is InChI=1S/C22H30N4O/c1-18-8-10-19(11-9-18)16-24-22(27)23-12-13-26-15-14-25(2)17-21(26)20-6-4-3-5-7-20/h3-11,21H,12-17H2,1-2H3,(H2,23,24,27).